The Hall–Kier alpha value is -2.01. The second-order valence-corrected chi connectivity index (χ2v) is 3.94. The minimum Gasteiger partial charge on any atom is -0.481 e. The topological polar surface area (TPSA) is 59.9 Å². The zero-order valence-corrected chi connectivity index (χ0v) is 10.5. The third-order valence-electron chi connectivity index (χ3n) is 2.65. The van der Waals surface area contributed by atoms with Crippen LogP contribution in [0.4, 0.5) is 0 Å². The number of ether oxygens (including phenoxy) is 1. The quantitative estimate of drug-likeness (QED) is 0.868. The average molecular weight is 244 g/mol. The maximum Gasteiger partial charge on any atom is 0.213 e. The van der Waals surface area contributed by atoms with E-state index in [9.17, 15) is 0 Å². The lowest BCUT2D eigenvalue weighted by Crippen LogP contribution is -2.19. The molecule has 0 aliphatic carbocycles. The number of pyridine rings is 1. The standard InChI is InChI=1S/C13H16N4O/c1-10(12-9-14-5-6-15-12)17-8-11-3-4-16-13(7-11)18-2/h3-7,9-10,17H,8H2,1-2H3. The molecule has 18 heavy (non-hydrogen) atoms. The van der Waals surface area contributed by atoms with E-state index in [0.29, 0.717) is 5.88 Å². The van der Waals surface area contributed by atoms with Gasteiger partial charge in [-0.3, -0.25) is 9.97 Å². The molecule has 2 rings (SSSR count). The highest BCUT2D eigenvalue weighted by atomic mass is 16.5. The van der Waals surface area contributed by atoms with Gasteiger partial charge >= 0.3 is 0 Å². The Balaban J connectivity index is 1.95. The Kier molecular flexibility index (Phi) is 4.20. The molecule has 0 spiro atoms. The lowest BCUT2D eigenvalue weighted by Gasteiger charge is -2.12. The fourth-order valence-corrected chi connectivity index (χ4v) is 1.58. The molecule has 1 unspecified atom stereocenters. The first-order valence-electron chi connectivity index (χ1n) is 5.78. The first-order chi connectivity index (χ1) is 8.79. The van der Waals surface area contributed by atoms with Crippen molar-refractivity contribution in [1.82, 2.24) is 20.3 Å². The van der Waals surface area contributed by atoms with Gasteiger partial charge < -0.3 is 10.1 Å². The first-order valence-corrected chi connectivity index (χ1v) is 5.78. The summed E-state index contributed by atoms with van der Waals surface area (Å²) in [4.78, 5) is 12.4. The van der Waals surface area contributed by atoms with Crippen molar-refractivity contribution in [3.63, 3.8) is 0 Å². The molecule has 94 valence electrons. The molecule has 0 aliphatic rings. The van der Waals surface area contributed by atoms with Gasteiger partial charge in [0.05, 0.1) is 12.8 Å². The summed E-state index contributed by atoms with van der Waals surface area (Å²) < 4.78 is 5.09. The summed E-state index contributed by atoms with van der Waals surface area (Å²) in [5.41, 5.74) is 2.05. The molecule has 1 N–H and O–H groups in total. The van der Waals surface area contributed by atoms with Crippen LogP contribution in [-0.2, 0) is 6.54 Å². The second kappa shape index (κ2) is 6.07. The molecular formula is C13H16N4O. The lowest BCUT2D eigenvalue weighted by atomic mass is 10.2. The monoisotopic (exact) mass is 244 g/mol. The van der Waals surface area contributed by atoms with Crippen LogP contribution in [0, 0.1) is 0 Å². The van der Waals surface area contributed by atoms with E-state index in [0.717, 1.165) is 17.8 Å². The van der Waals surface area contributed by atoms with Gasteiger partial charge in [0.2, 0.25) is 5.88 Å². The molecule has 2 heterocycles. The van der Waals surface area contributed by atoms with Gasteiger partial charge in [0.1, 0.15) is 0 Å². The van der Waals surface area contributed by atoms with Crippen LogP contribution in [0.5, 0.6) is 5.88 Å². The van der Waals surface area contributed by atoms with Crippen molar-refractivity contribution in [1.29, 1.82) is 0 Å². The van der Waals surface area contributed by atoms with Gasteiger partial charge in [-0.05, 0) is 18.6 Å². The molecule has 2 aromatic rings. The molecule has 0 amide bonds. The molecular weight excluding hydrogens is 228 g/mol. The molecule has 1 atom stereocenters. The van der Waals surface area contributed by atoms with E-state index in [1.807, 2.05) is 12.1 Å². The highest BCUT2D eigenvalue weighted by molar-refractivity contribution is 5.20. The maximum absolute atomic E-state index is 5.09. The zero-order chi connectivity index (χ0) is 12.8. The highest BCUT2D eigenvalue weighted by Gasteiger charge is 2.06. The number of aromatic nitrogens is 3. The predicted octanol–water partition coefficient (Wildman–Crippen LogP) is 1.73. The van der Waals surface area contributed by atoms with Crippen LogP contribution >= 0.6 is 0 Å². The SMILES string of the molecule is COc1cc(CNC(C)c2cnccn2)ccn1. The molecule has 0 aliphatic heterocycles. The Morgan fingerprint density at radius 2 is 2.17 bits per heavy atom. The van der Waals surface area contributed by atoms with Crippen LogP contribution in [0.25, 0.3) is 0 Å². The summed E-state index contributed by atoms with van der Waals surface area (Å²) in [6.45, 7) is 2.79. The fourth-order valence-electron chi connectivity index (χ4n) is 1.58. The Labute approximate surface area is 106 Å². The zero-order valence-electron chi connectivity index (χ0n) is 10.5. The fraction of sp³-hybridized carbons (Fsp3) is 0.308. The van der Waals surface area contributed by atoms with E-state index in [4.69, 9.17) is 4.74 Å². The predicted molar refractivity (Wildman–Crippen MR) is 68.1 cm³/mol. The summed E-state index contributed by atoms with van der Waals surface area (Å²) in [5.74, 6) is 0.626. The summed E-state index contributed by atoms with van der Waals surface area (Å²) in [6.07, 6.45) is 6.88. The van der Waals surface area contributed by atoms with E-state index >= 15 is 0 Å². The van der Waals surface area contributed by atoms with Crippen LogP contribution in [0.2, 0.25) is 0 Å². The van der Waals surface area contributed by atoms with Gasteiger partial charge in [0, 0.05) is 43.4 Å². The molecule has 0 aromatic carbocycles. The number of nitrogens with zero attached hydrogens (tertiary/aromatic N) is 3. The van der Waals surface area contributed by atoms with Gasteiger partial charge in [-0.2, -0.15) is 0 Å². The number of nitrogens with one attached hydrogen (secondary N) is 1. The first kappa shape index (κ1) is 12.4. The summed E-state index contributed by atoms with van der Waals surface area (Å²) in [5, 5.41) is 3.38. The molecule has 0 bridgehead atoms. The average Bonchev–Trinajstić information content (AvgIpc) is 2.46. The lowest BCUT2D eigenvalue weighted by molar-refractivity contribution is 0.397. The number of methoxy groups -OCH3 is 1. The van der Waals surface area contributed by atoms with Gasteiger partial charge in [-0.1, -0.05) is 0 Å². The molecule has 5 heteroatoms. The van der Waals surface area contributed by atoms with Crippen LogP contribution in [-0.4, -0.2) is 22.1 Å². The third kappa shape index (κ3) is 3.24. The minimum atomic E-state index is 0.151. The molecule has 0 saturated carbocycles. The second-order valence-electron chi connectivity index (χ2n) is 3.94. The van der Waals surface area contributed by atoms with Crippen LogP contribution in [0.3, 0.4) is 0 Å². The van der Waals surface area contributed by atoms with E-state index in [1.54, 1.807) is 31.9 Å². The van der Waals surface area contributed by atoms with Crippen molar-refractivity contribution in [2.45, 2.75) is 19.5 Å². The van der Waals surface area contributed by atoms with Crippen molar-refractivity contribution in [3.05, 3.63) is 48.2 Å². The van der Waals surface area contributed by atoms with E-state index < -0.39 is 0 Å². The van der Waals surface area contributed by atoms with Crippen molar-refractivity contribution in [2.24, 2.45) is 0 Å². The van der Waals surface area contributed by atoms with Crippen LogP contribution in [0.1, 0.15) is 24.2 Å². The normalized spacial score (nSPS) is 12.1. The number of hydrogen-bond donors (Lipinski definition) is 1. The van der Waals surface area contributed by atoms with Gasteiger partial charge in [0.15, 0.2) is 0 Å². The van der Waals surface area contributed by atoms with Gasteiger partial charge in [0.25, 0.3) is 0 Å². The maximum atomic E-state index is 5.09. The van der Waals surface area contributed by atoms with E-state index in [2.05, 4.69) is 27.2 Å². The molecule has 0 fully saturated rings. The number of rotatable bonds is 5. The van der Waals surface area contributed by atoms with Crippen LogP contribution < -0.4 is 10.1 Å². The van der Waals surface area contributed by atoms with Gasteiger partial charge in [-0.15, -0.1) is 0 Å². The van der Waals surface area contributed by atoms with E-state index in [1.165, 1.54) is 0 Å². The summed E-state index contributed by atoms with van der Waals surface area (Å²) in [6, 6.07) is 4.02. The Morgan fingerprint density at radius 3 is 2.89 bits per heavy atom. The smallest absolute Gasteiger partial charge is 0.213 e. The number of hydrogen-bond acceptors (Lipinski definition) is 5. The molecule has 2 aromatic heterocycles. The van der Waals surface area contributed by atoms with Crippen LogP contribution in [0.15, 0.2) is 36.9 Å². The largest absolute Gasteiger partial charge is 0.481 e. The third-order valence-corrected chi connectivity index (χ3v) is 2.65. The molecule has 5 nitrogen and oxygen atoms in total. The van der Waals surface area contributed by atoms with Crippen molar-refractivity contribution < 1.29 is 4.74 Å². The van der Waals surface area contributed by atoms with Crippen molar-refractivity contribution in [2.75, 3.05) is 7.11 Å². The van der Waals surface area contributed by atoms with Gasteiger partial charge in [-0.25, -0.2) is 4.98 Å². The molecule has 0 radical (unpaired) electrons. The summed E-state index contributed by atoms with van der Waals surface area (Å²) >= 11 is 0. The van der Waals surface area contributed by atoms with E-state index in [-0.39, 0.29) is 6.04 Å². The Bertz CT molecular complexity index is 489. The molecule has 0 saturated heterocycles. The minimum absolute atomic E-state index is 0.151. The van der Waals surface area contributed by atoms with Crippen molar-refractivity contribution >= 4 is 0 Å². The highest BCUT2D eigenvalue weighted by Crippen LogP contribution is 2.11. The Morgan fingerprint density at radius 1 is 1.28 bits per heavy atom. The summed E-state index contributed by atoms with van der Waals surface area (Å²) in [7, 11) is 1.61. The van der Waals surface area contributed by atoms with Crippen molar-refractivity contribution in [3.8, 4) is 5.88 Å².